The quantitative estimate of drug-likeness (QED) is 0.795. The molecule has 0 aliphatic heterocycles. The number of rotatable bonds is 8. The summed E-state index contributed by atoms with van der Waals surface area (Å²) >= 11 is 3.40. The lowest BCUT2D eigenvalue weighted by Crippen LogP contribution is -2.22. The van der Waals surface area contributed by atoms with E-state index in [2.05, 4.69) is 49.5 Å². The van der Waals surface area contributed by atoms with E-state index in [-0.39, 0.29) is 0 Å². The Hall–Kier alpha value is -0.940. The number of nitrogens with zero attached hydrogens (tertiary/aromatic N) is 3. The van der Waals surface area contributed by atoms with E-state index in [4.69, 9.17) is 0 Å². The molecule has 0 spiro atoms. The molecule has 5 heteroatoms. The molecule has 0 aromatic carbocycles. The Balaban J connectivity index is 1.90. The van der Waals surface area contributed by atoms with E-state index >= 15 is 0 Å². The topological polar surface area (TPSA) is 42.2 Å². The van der Waals surface area contributed by atoms with Crippen LogP contribution in [0.4, 0.5) is 0 Å². The first-order valence-electron chi connectivity index (χ1n) is 7.42. The van der Waals surface area contributed by atoms with Crippen LogP contribution in [0.15, 0.2) is 23.2 Å². The summed E-state index contributed by atoms with van der Waals surface area (Å²) in [7, 11) is 0. The van der Waals surface area contributed by atoms with Crippen LogP contribution < -0.4 is 5.32 Å². The largest absolute Gasteiger partial charge is 0.311 e. The zero-order valence-electron chi connectivity index (χ0n) is 12.3. The lowest BCUT2D eigenvalue weighted by molar-refractivity contribution is 0.418. The van der Waals surface area contributed by atoms with Gasteiger partial charge in [0.15, 0.2) is 5.65 Å². The first-order valence-corrected chi connectivity index (χ1v) is 8.22. The van der Waals surface area contributed by atoms with Crippen LogP contribution in [-0.2, 0) is 6.54 Å². The molecule has 0 aliphatic rings. The van der Waals surface area contributed by atoms with E-state index in [1.807, 2.05) is 12.4 Å². The summed E-state index contributed by atoms with van der Waals surface area (Å²) < 4.78 is 2.91. The summed E-state index contributed by atoms with van der Waals surface area (Å²) in [4.78, 5) is 8.56. The van der Waals surface area contributed by atoms with Gasteiger partial charge in [-0.05, 0) is 34.8 Å². The minimum Gasteiger partial charge on any atom is -0.311 e. The van der Waals surface area contributed by atoms with Gasteiger partial charge < -0.3 is 5.32 Å². The summed E-state index contributed by atoms with van der Waals surface area (Å²) in [5.74, 6) is 0.780. The number of halogens is 1. The maximum atomic E-state index is 4.37. The van der Waals surface area contributed by atoms with Gasteiger partial charge in [0.05, 0.1) is 18.1 Å². The second kappa shape index (κ2) is 7.74. The zero-order chi connectivity index (χ0) is 14.4. The Morgan fingerprint density at radius 2 is 2.15 bits per heavy atom. The van der Waals surface area contributed by atoms with Gasteiger partial charge in [-0.25, -0.2) is 9.97 Å². The van der Waals surface area contributed by atoms with Crippen molar-refractivity contribution in [3.05, 3.63) is 28.9 Å². The molecule has 110 valence electrons. The molecule has 2 rings (SSSR count). The minimum atomic E-state index is 0.780. The Labute approximate surface area is 129 Å². The van der Waals surface area contributed by atoms with Crippen molar-refractivity contribution in [2.45, 2.75) is 46.1 Å². The van der Waals surface area contributed by atoms with Crippen molar-refractivity contribution in [3.63, 3.8) is 0 Å². The molecule has 0 aliphatic carbocycles. The molecule has 20 heavy (non-hydrogen) atoms. The van der Waals surface area contributed by atoms with Crippen LogP contribution in [0.5, 0.6) is 0 Å². The fourth-order valence-electron chi connectivity index (χ4n) is 2.39. The van der Waals surface area contributed by atoms with Crippen molar-refractivity contribution < 1.29 is 0 Å². The summed E-state index contributed by atoms with van der Waals surface area (Å²) in [5, 5.41) is 3.56. The Bertz CT molecular complexity index is 538. The number of imidazole rings is 1. The standard InChI is InChI=1S/C15H23BrN4/c1-3-5-6-12(4-2)7-17-8-13-9-19-15-10-18-14(16)11-20(13)15/h9-12,17H,3-8H2,1-2H3. The molecule has 0 fully saturated rings. The van der Waals surface area contributed by atoms with Gasteiger partial charge in [-0.1, -0.05) is 33.1 Å². The van der Waals surface area contributed by atoms with Crippen LogP contribution in [0.1, 0.15) is 45.2 Å². The van der Waals surface area contributed by atoms with E-state index in [1.54, 1.807) is 6.20 Å². The third kappa shape index (κ3) is 4.03. The maximum absolute atomic E-state index is 4.37. The first kappa shape index (κ1) is 15.4. The smallest absolute Gasteiger partial charge is 0.155 e. The molecule has 2 aromatic heterocycles. The molecule has 2 heterocycles. The number of aromatic nitrogens is 3. The van der Waals surface area contributed by atoms with E-state index < -0.39 is 0 Å². The number of nitrogens with one attached hydrogen (secondary N) is 1. The highest BCUT2D eigenvalue weighted by molar-refractivity contribution is 9.10. The van der Waals surface area contributed by atoms with Crippen LogP contribution in [0.25, 0.3) is 5.65 Å². The van der Waals surface area contributed by atoms with Crippen molar-refractivity contribution in [1.29, 1.82) is 0 Å². The fraction of sp³-hybridized carbons (Fsp3) is 0.600. The first-order chi connectivity index (χ1) is 9.74. The van der Waals surface area contributed by atoms with Crippen molar-refractivity contribution in [1.82, 2.24) is 19.7 Å². The summed E-state index contributed by atoms with van der Waals surface area (Å²) in [6, 6.07) is 0. The normalized spacial score (nSPS) is 12.9. The van der Waals surface area contributed by atoms with Gasteiger partial charge >= 0.3 is 0 Å². The van der Waals surface area contributed by atoms with E-state index in [9.17, 15) is 0 Å². The maximum Gasteiger partial charge on any atom is 0.155 e. The van der Waals surface area contributed by atoms with Crippen molar-refractivity contribution in [3.8, 4) is 0 Å². The van der Waals surface area contributed by atoms with Gasteiger partial charge in [-0.15, -0.1) is 0 Å². The predicted octanol–water partition coefficient (Wildman–Crippen LogP) is 3.80. The third-order valence-electron chi connectivity index (χ3n) is 3.72. The van der Waals surface area contributed by atoms with Crippen LogP contribution in [0.3, 0.4) is 0 Å². The average molecular weight is 339 g/mol. The van der Waals surface area contributed by atoms with E-state index in [0.29, 0.717) is 0 Å². The van der Waals surface area contributed by atoms with E-state index in [0.717, 1.165) is 29.3 Å². The Morgan fingerprint density at radius 3 is 2.90 bits per heavy atom. The monoisotopic (exact) mass is 338 g/mol. The Morgan fingerprint density at radius 1 is 1.30 bits per heavy atom. The van der Waals surface area contributed by atoms with Gasteiger partial charge in [-0.2, -0.15) is 0 Å². The summed E-state index contributed by atoms with van der Waals surface area (Å²) in [5.41, 5.74) is 2.07. The molecule has 0 amide bonds. The van der Waals surface area contributed by atoms with Crippen molar-refractivity contribution in [2.24, 2.45) is 5.92 Å². The molecule has 2 aromatic rings. The number of unbranched alkanes of at least 4 members (excludes halogenated alkanes) is 1. The lowest BCUT2D eigenvalue weighted by atomic mass is 9.99. The van der Waals surface area contributed by atoms with Crippen molar-refractivity contribution in [2.75, 3.05) is 6.54 Å². The second-order valence-corrected chi connectivity index (χ2v) is 6.05. The Kier molecular flexibility index (Phi) is 5.98. The molecule has 0 radical (unpaired) electrons. The molecule has 4 nitrogen and oxygen atoms in total. The minimum absolute atomic E-state index is 0.780. The molecule has 0 bridgehead atoms. The van der Waals surface area contributed by atoms with Crippen LogP contribution in [0, 0.1) is 5.92 Å². The molecule has 0 saturated heterocycles. The van der Waals surface area contributed by atoms with Gasteiger partial charge in [0.2, 0.25) is 0 Å². The van der Waals surface area contributed by atoms with Gasteiger partial charge in [0.25, 0.3) is 0 Å². The fourth-order valence-corrected chi connectivity index (χ4v) is 2.70. The van der Waals surface area contributed by atoms with Crippen LogP contribution >= 0.6 is 15.9 Å². The van der Waals surface area contributed by atoms with E-state index in [1.165, 1.54) is 31.4 Å². The number of hydrogen-bond acceptors (Lipinski definition) is 3. The lowest BCUT2D eigenvalue weighted by Gasteiger charge is -2.15. The third-order valence-corrected chi connectivity index (χ3v) is 4.13. The molecule has 1 atom stereocenters. The van der Waals surface area contributed by atoms with Gasteiger partial charge in [-0.3, -0.25) is 4.40 Å². The molecule has 0 saturated carbocycles. The van der Waals surface area contributed by atoms with Gasteiger partial charge in [0.1, 0.15) is 4.60 Å². The number of hydrogen-bond donors (Lipinski definition) is 1. The molecule has 1 N–H and O–H groups in total. The van der Waals surface area contributed by atoms with Crippen LogP contribution in [-0.4, -0.2) is 20.9 Å². The predicted molar refractivity (Wildman–Crippen MR) is 85.7 cm³/mol. The highest BCUT2D eigenvalue weighted by Crippen LogP contribution is 2.13. The highest BCUT2D eigenvalue weighted by Gasteiger charge is 2.07. The molecular formula is C15H23BrN4. The number of fused-ring (bicyclic) bond motifs is 1. The highest BCUT2D eigenvalue weighted by atomic mass is 79.9. The molecular weight excluding hydrogens is 316 g/mol. The van der Waals surface area contributed by atoms with Crippen LogP contribution in [0.2, 0.25) is 0 Å². The average Bonchev–Trinajstić information content (AvgIpc) is 2.85. The van der Waals surface area contributed by atoms with Crippen molar-refractivity contribution >= 4 is 21.6 Å². The van der Waals surface area contributed by atoms with Gasteiger partial charge in [0, 0.05) is 12.7 Å². The zero-order valence-corrected chi connectivity index (χ0v) is 13.9. The summed E-state index contributed by atoms with van der Waals surface area (Å²) in [6.45, 7) is 6.46. The SMILES string of the molecule is CCCCC(CC)CNCc1cnc2cnc(Br)cn12. The summed E-state index contributed by atoms with van der Waals surface area (Å²) in [6.07, 6.45) is 10.8. The molecule has 1 unspecified atom stereocenters. The second-order valence-electron chi connectivity index (χ2n) is 5.24.